The lowest BCUT2D eigenvalue weighted by Crippen LogP contribution is -1.75. The Morgan fingerprint density at radius 3 is 1.80 bits per heavy atom. The van der Waals surface area contributed by atoms with E-state index in [2.05, 4.69) is 30.9 Å². The first-order chi connectivity index (χ1) is 2.27. The van der Waals surface area contributed by atoms with Crippen molar-refractivity contribution in [3.8, 4) is 0 Å². The zero-order chi connectivity index (χ0) is 4.28. The van der Waals surface area contributed by atoms with Gasteiger partial charge in [0.2, 0.25) is 0 Å². The molecule has 0 aromatic heterocycles. The van der Waals surface area contributed by atoms with E-state index in [4.69, 9.17) is 4.91 Å². The van der Waals surface area contributed by atoms with Crippen molar-refractivity contribution in [1.29, 1.82) is 0 Å². The summed E-state index contributed by atoms with van der Waals surface area (Å²) in [5, 5.41) is 2.20. The normalized spacial score (nSPS) is 6.80. The molecule has 0 aliphatic carbocycles. The van der Waals surface area contributed by atoms with E-state index in [0.717, 1.165) is 0 Å². The Labute approximate surface area is 40.4 Å². The quantitative estimate of drug-likeness (QED) is 0.295. The molecule has 0 aromatic carbocycles. The first-order valence-electron chi connectivity index (χ1n) is 0.783. The van der Waals surface area contributed by atoms with Crippen LogP contribution in [0, 0.1) is 4.91 Å². The fourth-order valence-corrected chi connectivity index (χ4v) is 0. The predicted molar refractivity (Wildman–Crippen MR) is 25.6 cm³/mol. The van der Waals surface area contributed by atoms with Crippen LogP contribution in [0.5, 0.6) is 0 Å². The van der Waals surface area contributed by atoms with Gasteiger partial charge in [0.25, 0.3) is 0 Å². The van der Waals surface area contributed by atoms with Gasteiger partial charge < -0.3 is 0 Å². The lowest BCUT2D eigenvalue weighted by atomic mass is 12.9. The molecule has 5 heavy (non-hydrogen) atoms. The molecule has 0 saturated carbocycles. The van der Waals surface area contributed by atoms with Gasteiger partial charge in [-0.2, -0.15) is 0 Å². The van der Waals surface area contributed by atoms with Gasteiger partial charge in [0, 0.05) is 0 Å². The molecule has 0 aromatic rings. The third kappa shape index (κ3) is 4.10. The second-order valence-corrected chi connectivity index (χ2v) is 1.42. The lowest BCUT2D eigenvalue weighted by Gasteiger charge is -1.85. The van der Waals surface area contributed by atoms with Crippen LogP contribution in [0.25, 0.3) is 0 Å². The molecule has 0 radical (unpaired) electrons. The number of hydrogen-bond acceptors (Lipinski definition) is 4. The first kappa shape index (κ1) is 5.10. The Morgan fingerprint density at radius 1 is 1.60 bits per heavy atom. The van der Waals surface area contributed by atoms with Gasteiger partial charge in [0.1, 0.15) is 0 Å². The molecule has 0 aliphatic heterocycles. The summed E-state index contributed by atoms with van der Waals surface area (Å²) in [5.74, 6) is 0. The maximum absolute atomic E-state index is 9.03. The summed E-state index contributed by atoms with van der Waals surface area (Å²) in [6.07, 6.45) is 0. The van der Waals surface area contributed by atoms with Crippen LogP contribution in [0.4, 0.5) is 0 Å². The van der Waals surface area contributed by atoms with E-state index < -0.39 is 0 Å². The molecule has 0 unspecified atom stereocenters. The van der Waals surface area contributed by atoms with E-state index in [9.17, 15) is 0 Å². The molecule has 0 heterocycles. The summed E-state index contributed by atoms with van der Waals surface area (Å²) in [4.78, 5) is 9.03. The van der Waals surface area contributed by atoms with Gasteiger partial charge in [-0.15, -0.1) is 8.73 Å². The molecular formula is H2N2OS2. The van der Waals surface area contributed by atoms with Crippen LogP contribution >= 0.6 is 25.6 Å². The Morgan fingerprint density at radius 2 is 1.80 bits per heavy atom. The largest absolute Gasteiger partial charge is 0.149 e. The van der Waals surface area contributed by atoms with E-state index in [1.54, 1.807) is 0 Å². The Hall–Kier alpha value is 0.1000. The molecule has 0 fully saturated rings. The molecule has 0 atom stereocenters. The Balaban J connectivity index is 2.83. The van der Waals surface area contributed by atoms with E-state index >= 15 is 0 Å². The summed E-state index contributed by atoms with van der Waals surface area (Å²) in [5.41, 5.74) is 0. The molecule has 5 heteroatoms. The van der Waals surface area contributed by atoms with Crippen molar-refractivity contribution in [2.75, 3.05) is 0 Å². The fourth-order valence-electron chi connectivity index (χ4n) is 0. The van der Waals surface area contributed by atoms with E-state index in [1.165, 1.54) is 0 Å². The van der Waals surface area contributed by atoms with Crippen LogP contribution in [-0.4, -0.2) is 3.82 Å². The highest BCUT2D eigenvalue weighted by Crippen LogP contribution is 1.93. The van der Waals surface area contributed by atoms with Gasteiger partial charge >= 0.3 is 0 Å². The summed E-state index contributed by atoms with van der Waals surface area (Å²) in [7, 11) is 0. The lowest BCUT2D eigenvalue weighted by molar-refractivity contribution is 0.830. The number of nitroso groups, excluding NO2 is 1. The predicted octanol–water partition coefficient (Wildman–Crippen LogP) is 0.659. The van der Waals surface area contributed by atoms with E-state index in [0.29, 0.717) is 3.82 Å². The first-order valence-corrected chi connectivity index (χ1v) is 1.58. The van der Waals surface area contributed by atoms with Crippen molar-refractivity contribution in [2.45, 2.75) is 0 Å². The fraction of sp³-hybridized carbons (Fsp3) is 0. The highest BCUT2D eigenvalue weighted by atomic mass is 32.2. The molecule has 30 valence electrons. The zero-order valence-corrected chi connectivity index (χ0v) is 3.99. The van der Waals surface area contributed by atoms with Gasteiger partial charge in [-0.3, -0.25) is 0 Å². The monoisotopic (exact) mass is 110 g/mol. The zero-order valence-electron chi connectivity index (χ0n) is 2.20. The summed E-state index contributed by atoms with van der Waals surface area (Å²) < 4.78 is 0.583. The number of hydrogen-bond donors (Lipinski definition) is 2. The number of rotatable bonds is 1. The average Bonchev–Trinajstić information content (AvgIpc) is 1.38. The van der Waals surface area contributed by atoms with Crippen LogP contribution in [0.1, 0.15) is 0 Å². The van der Waals surface area contributed by atoms with Crippen LogP contribution < -0.4 is 0 Å². The second-order valence-electron chi connectivity index (χ2n) is 0.350. The highest BCUT2D eigenvalue weighted by molar-refractivity contribution is 7.93. The van der Waals surface area contributed by atoms with Crippen LogP contribution in [-0.2, 0) is 0 Å². The van der Waals surface area contributed by atoms with E-state index in [-0.39, 0.29) is 0 Å². The van der Waals surface area contributed by atoms with Gasteiger partial charge in [0.05, 0.1) is 5.29 Å². The minimum Gasteiger partial charge on any atom is -0.149 e. The van der Waals surface area contributed by atoms with Crippen LogP contribution in [0.2, 0.25) is 0 Å². The minimum absolute atomic E-state index is 0.583. The molecule has 0 N–H and O–H groups in total. The van der Waals surface area contributed by atoms with Gasteiger partial charge in [0.15, 0.2) is 0 Å². The maximum atomic E-state index is 9.03. The Kier molecular flexibility index (Phi) is 2.39. The minimum atomic E-state index is 0.583. The van der Waals surface area contributed by atoms with E-state index in [1.807, 2.05) is 0 Å². The topological polar surface area (TPSA) is 32.7 Å². The summed E-state index contributed by atoms with van der Waals surface area (Å²) >= 11 is 6.63. The number of thiol groups is 2. The molecule has 0 amide bonds. The van der Waals surface area contributed by atoms with Crippen molar-refractivity contribution < 1.29 is 0 Å². The smallest absolute Gasteiger partial charge is 0.0744 e. The second kappa shape index (κ2) is 2.34. The van der Waals surface area contributed by atoms with Crippen molar-refractivity contribution in [2.24, 2.45) is 5.29 Å². The van der Waals surface area contributed by atoms with Crippen molar-refractivity contribution in [3.05, 3.63) is 4.91 Å². The molecule has 0 aliphatic rings. The van der Waals surface area contributed by atoms with Crippen molar-refractivity contribution >= 4 is 25.6 Å². The molecule has 0 saturated heterocycles. The van der Waals surface area contributed by atoms with Gasteiger partial charge in [-0.25, -0.2) is 0 Å². The summed E-state index contributed by atoms with van der Waals surface area (Å²) in [6.45, 7) is 0. The third-order valence-corrected chi connectivity index (χ3v) is 0.219. The SMILES string of the molecule is O=NN(S)S. The maximum Gasteiger partial charge on any atom is 0.0744 e. The van der Waals surface area contributed by atoms with Gasteiger partial charge in [-0.05, 0) is 25.6 Å². The van der Waals surface area contributed by atoms with Crippen molar-refractivity contribution in [1.82, 2.24) is 3.82 Å². The molecule has 0 bridgehead atoms. The highest BCUT2D eigenvalue weighted by Gasteiger charge is 1.72. The Bertz CT molecular complexity index is 34.6. The molecule has 0 spiro atoms. The molecule has 0 rings (SSSR count). The van der Waals surface area contributed by atoms with Crippen molar-refractivity contribution in [3.63, 3.8) is 0 Å². The van der Waals surface area contributed by atoms with Gasteiger partial charge in [-0.1, -0.05) is 0 Å². The standard InChI is InChI=1S/H2N2OS2/c3-1-2(4)5/h4-5H. The van der Waals surface area contributed by atoms with Crippen LogP contribution in [0.15, 0.2) is 5.29 Å². The number of nitrogens with zero attached hydrogens (tertiary/aromatic N) is 2. The third-order valence-electron chi connectivity index (χ3n) is 0.0730. The summed E-state index contributed by atoms with van der Waals surface area (Å²) in [6, 6.07) is 0. The molecule has 3 nitrogen and oxygen atoms in total. The van der Waals surface area contributed by atoms with Crippen LogP contribution in [0.3, 0.4) is 0 Å². The average molecular weight is 110 g/mol. The molecular weight excluding hydrogens is 108 g/mol.